The zero-order chi connectivity index (χ0) is 13.0. The summed E-state index contributed by atoms with van der Waals surface area (Å²) in [6, 6.07) is 2.22. The van der Waals surface area contributed by atoms with Crippen molar-refractivity contribution in [3.8, 4) is 0 Å². The highest BCUT2D eigenvalue weighted by atomic mass is 19.1. The van der Waals surface area contributed by atoms with E-state index >= 15 is 0 Å². The van der Waals surface area contributed by atoms with Gasteiger partial charge in [-0.1, -0.05) is 19.3 Å². The number of aromatic nitrogens is 1. The van der Waals surface area contributed by atoms with Crippen molar-refractivity contribution < 1.29 is 13.6 Å². The van der Waals surface area contributed by atoms with Gasteiger partial charge in [-0.2, -0.15) is 13.8 Å². The van der Waals surface area contributed by atoms with Gasteiger partial charge in [-0.25, -0.2) is 0 Å². The summed E-state index contributed by atoms with van der Waals surface area (Å²) >= 11 is 0. The van der Waals surface area contributed by atoms with Gasteiger partial charge in [0, 0.05) is 6.42 Å². The van der Waals surface area contributed by atoms with E-state index in [-0.39, 0.29) is 11.6 Å². The van der Waals surface area contributed by atoms with Crippen LogP contribution in [-0.2, 0) is 4.79 Å². The molecule has 1 saturated carbocycles. The first-order valence-corrected chi connectivity index (χ1v) is 6.27. The average Bonchev–Trinajstić information content (AvgIpc) is 2.34. The van der Waals surface area contributed by atoms with Crippen LogP contribution in [-0.4, -0.2) is 10.9 Å². The van der Waals surface area contributed by atoms with E-state index in [1.54, 1.807) is 0 Å². The zero-order valence-electron chi connectivity index (χ0n) is 10.1. The molecule has 1 aliphatic rings. The highest BCUT2D eigenvalue weighted by Gasteiger charge is 2.18. The molecule has 1 fully saturated rings. The van der Waals surface area contributed by atoms with Crippen molar-refractivity contribution in [3.63, 3.8) is 0 Å². The minimum Gasteiger partial charge on any atom is -0.322 e. The Kier molecular flexibility index (Phi) is 4.23. The molecule has 1 N–H and O–H groups in total. The predicted octanol–water partition coefficient (Wildman–Crippen LogP) is 3.27. The fraction of sp³-hybridized carbons (Fsp3) is 0.538. The number of hydrogen-bond acceptors (Lipinski definition) is 2. The van der Waals surface area contributed by atoms with E-state index in [9.17, 15) is 13.6 Å². The molecule has 1 aromatic rings. The van der Waals surface area contributed by atoms with E-state index in [0.717, 1.165) is 31.7 Å². The third-order valence-electron chi connectivity index (χ3n) is 3.29. The number of anilines is 1. The summed E-state index contributed by atoms with van der Waals surface area (Å²) in [7, 11) is 0. The molecule has 5 heteroatoms. The fourth-order valence-electron chi connectivity index (χ4n) is 2.36. The number of rotatable bonds is 3. The molecule has 0 radical (unpaired) electrons. The Morgan fingerprint density at radius 1 is 1.28 bits per heavy atom. The van der Waals surface area contributed by atoms with E-state index in [2.05, 4.69) is 10.3 Å². The molecule has 2 rings (SSSR count). The highest BCUT2D eigenvalue weighted by molar-refractivity contribution is 5.90. The monoisotopic (exact) mass is 254 g/mol. The van der Waals surface area contributed by atoms with Gasteiger partial charge in [-0.15, -0.1) is 0 Å². The van der Waals surface area contributed by atoms with Gasteiger partial charge in [0.05, 0.1) is 5.69 Å². The van der Waals surface area contributed by atoms with Crippen LogP contribution in [0.5, 0.6) is 0 Å². The standard InChI is InChI=1S/C13H16F2N2O/c14-11-7-6-10(13(15)17-11)16-12(18)8-9-4-2-1-3-5-9/h6-7,9H,1-5,8H2,(H,16,18). The van der Waals surface area contributed by atoms with Crippen molar-refractivity contribution in [1.29, 1.82) is 0 Å². The first-order valence-electron chi connectivity index (χ1n) is 6.27. The molecule has 1 amide bonds. The SMILES string of the molecule is O=C(CC1CCCCC1)Nc1ccc(F)nc1F. The van der Waals surface area contributed by atoms with E-state index in [1.807, 2.05) is 0 Å². The van der Waals surface area contributed by atoms with Gasteiger partial charge in [-0.05, 0) is 30.9 Å². The number of nitrogens with one attached hydrogen (secondary N) is 1. The van der Waals surface area contributed by atoms with Crippen LogP contribution in [0.4, 0.5) is 14.5 Å². The number of halogens is 2. The van der Waals surface area contributed by atoms with E-state index in [4.69, 9.17) is 0 Å². The van der Waals surface area contributed by atoms with Crippen LogP contribution in [0.25, 0.3) is 0 Å². The number of amides is 1. The molecule has 1 heterocycles. The Morgan fingerprint density at radius 2 is 2.00 bits per heavy atom. The summed E-state index contributed by atoms with van der Waals surface area (Å²) in [5.41, 5.74) is -0.0581. The fourth-order valence-corrected chi connectivity index (χ4v) is 2.36. The van der Waals surface area contributed by atoms with Gasteiger partial charge < -0.3 is 5.32 Å². The molecule has 1 aromatic heterocycles. The second-order valence-electron chi connectivity index (χ2n) is 4.73. The normalized spacial score (nSPS) is 16.6. The van der Waals surface area contributed by atoms with E-state index < -0.39 is 11.9 Å². The van der Waals surface area contributed by atoms with Crippen LogP contribution in [0.15, 0.2) is 12.1 Å². The Hall–Kier alpha value is -1.52. The Balaban J connectivity index is 1.90. The molecule has 0 bridgehead atoms. The summed E-state index contributed by atoms with van der Waals surface area (Å²) in [5.74, 6) is -1.71. The molecule has 98 valence electrons. The van der Waals surface area contributed by atoms with Crippen molar-refractivity contribution >= 4 is 11.6 Å². The van der Waals surface area contributed by atoms with Gasteiger partial charge >= 0.3 is 0 Å². The number of carbonyl (C=O) groups excluding carboxylic acids is 1. The summed E-state index contributed by atoms with van der Waals surface area (Å²) in [4.78, 5) is 14.7. The lowest BCUT2D eigenvalue weighted by molar-refractivity contribution is -0.117. The molecule has 3 nitrogen and oxygen atoms in total. The maximum absolute atomic E-state index is 13.2. The third kappa shape index (κ3) is 3.48. The number of pyridine rings is 1. The summed E-state index contributed by atoms with van der Waals surface area (Å²) in [6.07, 6.45) is 6.05. The molecule has 0 aliphatic heterocycles. The van der Waals surface area contributed by atoms with Gasteiger partial charge in [0.2, 0.25) is 17.8 Å². The lowest BCUT2D eigenvalue weighted by Gasteiger charge is -2.20. The minimum absolute atomic E-state index is 0.0581. The molecule has 0 spiro atoms. The number of hydrogen-bond donors (Lipinski definition) is 1. The summed E-state index contributed by atoms with van der Waals surface area (Å²) < 4.78 is 25.8. The molecule has 0 unspecified atom stereocenters. The second kappa shape index (κ2) is 5.89. The van der Waals surface area contributed by atoms with Crippen LogP contribution >= 0.6 is 0 Å². The number of carbonyl (C=O) groups is 1. The number of nitrogens with zero attached hydrogens (tertiary/aromatic N) is 1. The minimum atomic E-state index is -0.980. The third-order valence-corrected chi connectivity index (χ3v) is 3.29. The summed E-state index contributed by atoms with van der Waals surface area (Å²) in [5, 5.41) is 2.44. The van der Waals surface area contributed by atoms with Crippen LogP contribution in [0, 0.1) is 17.8 Å². The van der Waals surface area contributed by atoms with Crippen LogP contribution < -0.4 is 5.32 Å². The van der Waals surface area contributed by atoms with Crippen molar-refractivity contribution in [2.24, 2.45) is 5.92 Å². The zero-order valence-corrected chi connectivity index (χ0v) is 10.1. The Morgan fingerprint density at radius 3 is 2.67 bits per heavy atom. The lowest BCUT2D eigenvalue weighted by Crippen LogP contribution is -2.19. The molecule has 0 aromatic carbocycles. The van der Waals surface area contributed by atoms with Crippen molar-refractivity contribution in [3.05, 3.63) is 24.0 Å². The van der Waals surface area contributed by atoms with Gasteiger partial charge in [-0.3, -0.25) is 4.79 Å². The van der Waals surface area contributed by atoms with E-state index in [0.29, 0.717) is 12.3 Å². The van der Waals surface area contributed by atoms with Crippen LogP contribution in [0.2, 0.25) is 0 Å². The van der Waals surface area contributed by atoms with Gasteiger partial charge in [0.15, 0.2) is 0 Å². The van der Waals surface area contributed by atoms with Gasteiger partial charge in [0.1, 0.15) is 0 Å². The maximum atomic E-state index is 13.2. The van der Waals surface area contributed by atoms with Crippen LogP contribution in [0.3, 0.4) is 0 Å². The quantitative estimate of drug-likeness (QED) is 0.841. The molecule has 0 saturated heterocycles. The topological polar surface area (TPSA) is 42.0 Å². The molecule has 0 atom stereocenters. The molecular weight excluding hydrogens is 238 g/mol. The maximum Gasteiger partial charge on any atom is 0.239 e. The summed E-state index contributed by atoms with van der Waals surface area (Å²) in [6.45, 7) is 0. The van der Waals surface area contributed by atoms with Crippen molar-refractivity contribution in [2.45, 2.75) is 38.5 Å². The van der Waals surface area contributed by atoms with Crippen LogP contribution in [0.1, 0.15) is 38.5 Å². The van der Waals surface area contributed by atoms with E-state index in [1.165, 1.54) is 12.5 Å². The van der Waals surface area contributed by atoms with Gasteiger partial charge in [0.25, 0.3) is 0 Å². The Labute approximate surface area is 105 Å². The van der Waals surface area contributed by atoms with Crippen molar-refractivity contribution in [2.75, 3.05) is 5.32 Å². The first kappa shape index (κ1) is 12.9. The lowest BCUT2D eigenvalue weighted by atomic mass is 9.87. The predicted molar refractivity (Wildman–Crippen MR) is 64.0 cm³/mol. The van der Waals surface area contributed by atoms with Crippen molar-refractivity contribution in [1.82, 2.24) is 4.98 Å². The smallest absolute Gasteiger partial charge is 0.239 e. The second-order valence-corrected chi connectivity index (χ2v) is 4.73. The Bertz CT molecular complexity index is 431. The molecule has 1 aliphatic carbocycles. The largest absolute Gasteiger partial charge is 0.322 e. The molecular formula is C13H16F2N2O. The highest BCUT2D eigenvalue weighted by Crippen LogP contribution is 2.26. The first-order chi connectivity index (χ1) is 8.65. The average molecular weight is 254 g/mol. The molecule has 18 heavy (non-hydrogen) atoms.